The number of sulfonamides is 1. The summed E-state index contributed by atoms with van der Waals surface area (Å²) in [5.41, 5.74) is 1.72. The zero-order valence-corrected chi connectivity index (χ0v) is 21.5. The van der Waals surface area contributed by atoms with Gasteiger partial charge in [-0.15, -0.1) is 0 Å². The largest absolute Gasteiger partial charge is 0.378 e. The summed E-state index contributed by atoms with van der Waals surface area (Å²) in [5, 5.41) is 5.98. The van der Waals surface area contributed by atoms with Crippen LogP contribution in [0.2, 0.25) is 0 Å². The summed E-state index contributed by atoms with van der Waals surface area (Å²) < 4.78 is 35.5. The summed E-state index contributed by atoms with van der Waals surface area (Å²) in [6.07, 6.45) is 3.40. The molecule has 0 saturated carbocycles. The third-order valence-corrected chi connectivity index (χ3v) is 7.86. The van der Waals surface area contributed by atoms with Crippen LogP contribution in [0.15, 0.2) is 90.1 Å². The summed E-state index contributed by atoms with van der Waals surface area (Å²) in [6.45, 7) is 1.95. The van der Waals surface area contributed by atoms with Gasteiger partial charge in [0, 0.05) is 19.3 Å². The lowest BCUT2D eigenvalue weighted by Gasteiger charge is -2.30. The second kappa shape index (κ2) is 11.2. The van der Waals surface area contributed by atoms with Gasteiger partial charge in [-0.3, -0.25) is 14.3 Å². The molecule has 1 saturated heterocycles. The second-order valence-corrected chi connectivity index (χ2v) is 10.9. The quantitative estimate of drug-likeness (QED) is 0.349. The molecule has 1 aliphatic rings. The van der Waals surface area contributed by atoms with E-state index >= 15 is 0 Å². The molecule has 4 aromatic rings. The summed E-state index contributed by atoms with van der Waals surface area (Å²) in [5.74, 6) is -2.54. The Balaban J connectivity index is 1.37. The molecule has 3 aromatic carbocycles. The molecule has 9 nitrogen and oxygen atoms in total. The zero-order valence-electron chi connectivity index (χ0n) is 20.7. The molecule has 0 spiro atoms. The van der Waals surface area contributed by atoms with Crippen LogP contribution in [0.3, 0.4) is 0 Å². The van der Waals surface area contributed by atoms with Gasteiger partial charge in [0.05, 0.1) is 30.9 Å². The van der Waals surface area contributed by atoms with Crippen molar-refractivity contribution in [3.8, 4) is 0 Å². The van der Waals surface area contributed by atoms with Crippen LogP contribution in [-0.2, 0) is 37.3 Å². The van der Waals surface area contributed by atoms with Crippen molar-refractivity contribution < 1.29 is 22.7 Å². The first-order valence-corrected chi connectivity index (χ1v) is 13.8. The van der Waals surface area contributed by atoms with Gasteiger partial charge in [-0.05, 0) is 40.5 Å². The van der Waals surface area contributed by atoms with E-state index in [2.05, 4.69) is 9.82 Å². The number of nitrogens with one attached hydrogen (secondary N) is 1. The van der Waals surface area contributed by atoms with E-state index in [-0.39, 0.29) is 11.3 Å². The molecule has 1 N–H and O–H groups in total. The predicted molar refractivity (Wildman–Crippen MR) is 142 cm³/mol. The van der Waals surface area contributed by atoms with Crippen LogP contribution in [0.1, 0.15) is 11.1 Å². The van der Waals surface area contributed by atoms with Gasteiger partial charge < -0.3 is 9.64 Å². The Bertz CT molecular complexity index is 1550. The van der Waals surface area contributed by atoms with Crippen molar-refractivity contribution in [3.05, 3.63) is 96.3 Å². The Labute approximate surface area is 221 Å². The van der Waals surface area contributed by atoms with Crippen LogP contribution in [0.5, 0.6) is 0 Å². The monoisotopic (exact) mass is 532 g/mol. The standard InChI is InChI=1S/C28H28N4O5S/c33-27(30-38(35,36)25-11-10-23-8-4-5-9-24(23)17-25)26(28(34)31-12-14-37-15-13-31)16-22-18-29-32(20-22)19-21-6-2-1-3-7-21/h1-11,17-18,20,26H,12-16,19H2,(H,30,33). The van der Waals surface area contributed by atoms with Crippen molar-refractivity contribution in [1.82, 2.24) is 19.4 Å². The van der Waals surface area contributed by atoms with E-state index < -0.39 is 27.8 Å². The minimum Gasteiger partial charge on any atom is -0.378 e. The molecule has 196 valence electrons. The molecule has 5 rings (SSSR count). The van der Waals surface area contributed by atoms with E-state index in [0.717, 1.165) is 16.3 Å². The lowest BCUT2D eigenvalue weighted by atomic mass is 9.99. The Morgan fingerprint density at radius 3 is 2.39 bits per heavy atom. The highest BCUT2D eigenvalue weighted by atomic mass is 32.2. The van der Waals surface area contributed by atoms with Crippen molar-refractivity contribution in [2.24, 2.45) is 5.92 Å². The fourth-order valence-electron chi connectivity index (χ4n) is 4.50. The molecule has 0 aliphatic carbocycles. The molecule has 1 fully saturated rings. The lowest BCUT2D eigenvalue weighted by molar-refractivity contribution is -0.144. The molecule has 0 bridgehead atoms. The molecule has 2 heterocycles. The minimum atomic E-state index is -4.20. The van der Waals surface area contributed by atoms with Gasteiger partial charge in [0.15, 0.2) is 0 Å². The Morgan fingerprint density at radius 2 is 1.63 bits per heavy atom. The average molecular weight is 533 g/mol. The number of amides is 2. The first-order chi connectivity index (χ1) is 18.4. The number of carbonyl (C=O) groups is 2. The maximum absolute atomic E-state index is 13.4. The van der Waals surface area contributed by atoms with Crippen LogP contribution in [-0.4, -0.2) is 61.2 Å². The van der Waals surface area contributed by atoms with Gasteiger partial charge in [0.2, 0.25) is 11.8 Å². The highest BCUT2D eigenvalue weighted by Gasteiger charge is 2.34. The Morgan fingerprint density at radius 1 is 0.921 bits per heavy atom. The molecule has 1 aliphatic heterocycles. The molecule has 1 atom stereocenters. The molecular weight excluding hydrogens is 504 g/mol. The topological polar surface area (TPSA) is 111 Å². The van der Waals surface area contributed by atoms with Crippen molar-refractivity contribution >= 4 is 32.6 Å². The number of carbonyl (C=O) groups excluding carboxylic acids is 2. The lowest BCUT2D eigenvalue weighted by Crippen LogP contribution is -2.49. The van der Waals surface area contributed by atoms with E-state index in [9.17, 15) is 18.0 Å². The number of benzene rings is 3. The third-order valence-electron chi connectivity index (χ3n) is 6.52. The fourth-order valence-corrected chi connectivity index (χ4v) is 5.55. The van der Waals surface area contributed by atoms with E-state index in [1.54, 1.807) is 34.1 Å². The molecular formula is C28H28N4O5S. The summed E-state index contributed by atoms with van der Waals surface area (Å²) in [6, 6.07) is 21.8. The van der Waals surface area contributed by atoms with Gasteiger partial charge in [-0.2, -0.15) is 5.10 Å². The summed E-state index contributed by atoms with van der Waals surface area (Å²) >= 11 is 0. The van der Waals surface area contributed by atoms with Gasteiger partial charge in [0.1, 0.15) is 5.92 Å². The predicted octanol–water partition coefficient (Wildman–Crippen LogP) is 2.61. The fraction of sp³-hybridized carbons (Fsp3) is 0.250. The third kappa shape index (κ3) is 5.92. The molecule has 10 heteroatoms. The van der Waals surface area contributed by atoms with E-state index in [4.69, 9.17) is 4.74 Å². The van der Waals surface area contributed by atoms with Crippen LogP contribution < -0.4 is 4.72 Å². The molecule has 0 radical (unpaired) electrons. The maximum atomic E-state index is 13.4. The SMILES string of the molecule is O=C(NS(=O)(=O)c1ccc2ccccc2c1)C(Cc1cnn(Cc2ccccc2)c1)C(=O)N1CCOCC1. The number of ether oxygens (including phenoxy) is 1. The smallest absolute Gasteiger partial charge is 0.264 e. The number of hydrogen-bond acceptors (Lipinski definition) is 6. The second-order valence-electron chi connectivity index (χ2n) is 9.20. The van der Waals surface area contributed by atoms with Gasteiger partial charge in [-0.1, -0.05) is 60.7 Å². The maximum Gasteiger partial charge on any atom is 0.264 e. The van der Waals surface area contributed by atoms with Crippen LogP contribution in [0, 0.1) is 5.92 Å². The number of hydrogen-bond donors (Lipinski definition) is 1. The number of fused-ring (bicyclic) bond motifs is 1. The number of aromatic nitrogens is 2. The van der Waals surface area contributed by atoms with Gasteiger partial charge >= 0.3 is 0 Å². The van der Waals surface area contributed by atoms with Crippen LogP contribution in [0.25, 0.3) is 10.8 Å². The minimum absolute atomic E-state index is 0.0179. The summed E-state index contributed by atoms with van der Waals surface area (Å²) in [4.78, 5) is 28.3. The highest BCUT2D eigenvalue weighted by Crippen LogP contribution is 2.20. The Hall–Kier alpha value is -4.02. The number of nitrogens with zero attached hydrogens (tertiary/aromatic N) is 3. The average Bonchev–Trinajstić information content (AvgIpc) is 3.38. The van der Waals surface area contributed by atoms with Gasteiger partial charge in [0.25, 0.3) is 10.0 Å². The van der Waals surface area contributed by atoms with E-state index in [0.29, 0.717) is 38.4 Å². The van der Waals surface area contributed by atoms with Gasteiger partial charge in [-0.25, -0.2) is 13.1 Å². The van der Waals surface area contributed by atoms with Crippen molar-refractivity contribution in [2.45, 2.75) is 17.9 Å². The van der Waals surface area contributed by atoms with Crippen molar-refractivity contribution in [1.29, 1.82) is 0 Å². The first kappa shape index (κ1) is 25.6. The van der Waals surface area contributed by atoms with E-state index in [1.807, 2.05) is 48.5 Å². The number of rotatable bonds is 8. The molecule has 1 unspecified atom stereocenters. The molecule has 38 heavy (non-hydrogen) atoms. The molecule has 1 aromatic heterocycles. The number of morpholine rings is 1. The first-order valence-electron chi connectivity index (χ1n) is 12.4. The van der Waals surface area contributed by atoms with Crippen LogP contribution in [0.4, 0.5) is 0 Å². The van der Waals surface area contributed by atoms with Crippen molar-refractivity contribution in [2.75, 3.05) is 26.3 Å². The Kier molecular flexibility index (Phi) is 7.52. The molecule has 2 amide bonds. The van der Waals surface area contributed by atoms with Crippen molar-refractivity contribution in [3.63, 3.8) is 0 Å². The van der Waals surface area contributed by atoms with E-state index in [1.165, 1.54) is 12.1 Å². The summed E-state index contributed by atoms with van der Waals surface area (Å²) in [7, 11) is -4.20. The zero-order chi connectivity index (χ0) is 26.5. The van der Waals surface area contributed by atoms with Crippen LogP contribution >= 0.6 is 0 Å². The normalized spacial score (nSPS) is 14.8. The highest BCUT2D eigenvalue weighted by molar-refractivity contribution is 7.90.